The molecule has 4 aromatic rings. The number of aromatic nitrogens is 3. The summed E-state index contributed by atoms with van der Waals surface area (Å²) in [4.78, 5) is 44.0. The molecule has 0 fully saturated rings. The van der Waals surface area contributed by atoms with Crippen molar-refractivity contribution in [1.82, 2.24) is 14.1 Å². The van der Waals surface area contributed by atoms with Crippen LogP contribution in [0.25, 0.3) is 11.0 Å². The van der Waals surface area contributed by atoms with Gasteiger partial charge in [0, 0.05) is 11.1 Å². The zero-order chi connectivity index (χ0) is 21.8. The fraction of sp³-hybridized carbons (Fsp3) is 0.182. The first-order chi connectivity index (χ1) is 15.1. The molecule has 0 aliphatic carbocycles. The summed E-state index contributed by atoms with van der Waals surface area (Å²) in [7, 11) is 0. The summed E-state index contributed by atoms with van der Waals surface area (Å²) in [5.41, 5.74) is -0.336. The number of carbonyl (C=O) groups excluding carboxylic acids is 1. The molecule has 0 atom stereocenters. The molecule has 4 rings (SSSR count). The summed E-state index contributed by atoms with van der Waals surface area (Å²) in [6, 6.07) is 14.0. The highest BCUT2D eigenvalue weighted by Crippen LogP contribution is 2.23. The number of fused-ring (bicyclic) bond motifs is 1. The molecular weight excluding hydrogens is 416 g/mol. The molecule has 0 radical (unpaired) electrons. The number of carbonyl (C=O) groups is 1. The van der Waals surface area contributed by atoms with Gasteiger partial charge in [0.15, 0.2) is 0 Å². The minimum absolute atomic E-state index is 0.134. The molecule has 0 saturated heterocycles. The second kappa shape index (κ2) is 8.97. The van der Waals surface area contributed by atoms with Gasteiger partial charge in [-0.05, 0) is 42.6 Å². The van der Waals surface area contributed by atoms with Gasteiger partial charge in [-0.1, -0.05) is 18.2 Å². The van der Waals surface area contributed by atoms with Gasteiger partial charge in [0.1, 0.15) is 17.9 Å². The molecule has 0 spiro atoms. The summed E-state index contributed by atoms with van der Waals surface area (Å²) in [5.74, 6) is 0.110. The van der Waals surface area contributed by atoms with Crippen molar-refractivity contribution in [3.63, 3.8) is 0 Å². The minimum atomic E-state index is -0.585. The number of anilines is 1. The average molecular weight is 436 g/mol. The number of rotatable bonds is 7. The largest absolute Gasteiger partial charge is 0.492 e. The second-order valence-electron chi connectivity index (χ2n) is 6.69. The van der Waals surface area contributed by atoms with E-state index in [1.165, 1.54) is 22.1 Å². The molecule has 158 valence electrons. The highest BCUT2D eigenvalue weighted by atomic mass is 32.1. The summed E-state index contributed by atoms with van der Waals surface area (Å²) in [6.45, 7) is 2.15. The maximum atomic E-state index is 13.2. The topological polar surface area (TPSA) is 95.2 Å². The number of ether oxygens (including phenoxy) is 1. The van der Waals surface area contributed by atoms with Crippen molar-refractivity contribution < 1.29 is 9.53 Å². The quantitative estimate of drug-likeness (QED) is 0.481. The van der Waals surface area contributed by atoms with Crippen LogP contribution in [0.1, 0.15) is 11.8 Å². The molecule has 31 heavy (non-hydrogen) atoms. The van der Waals surface area contributed by atoms with Gasteiger partial charge in [-0.25, -0.2) is 9.78 Å². The zero-order valence-corrected chi connectivity index (χ0v) is 17.6. The van der Waals surface area contributed by atoms with Crippen molar-refractivity contribution >= 4 is 34.0 Å². The lowest BCUT2D eigenvalue weighted by atomic mass is 10.3. The Labute approximate surface area is 181 Å². The van der Waals surface area contributed by atoms with Crippen LogP contribution in [0, 0.1) is 0 Å². The minimum Gasteiger partial charge on any atom is -0.492 e. The fourth-order valence-electron chi connectivity index (χ4n) is 3.27. The average Bonchev–Trinajstić information content (AvgIpc) is 3.29. The van der Waals surface area contributed by atoms with Crippen LogP contribution in [0.15, 0.2) is 69.7 Å². The predicted octanol–water partition coefficient (Wildman–Crippen LogP) is 2.71. The number of nitrogens with one attached hydrogen (secondary N) is 1. The summed E-state index contributed by atoms with van der Waals surface area (Å²) in [6.07, 6.45) is 1.49. The first-order valence-electron chi connectivity index (χ1n) is 9.71. The lowest BCUT2D eigenvalue weighted by molar-refractivity contribution is -0.116. The summed E-state index contributed by atoms with van der Waals surface area (Å²) >= 11 is 1.45. The molecule has 0 bridgehead atoms. The highest BCUT2D eigenvalue weighted by molar-refractivity contribution is 7.09. The Hall–Kier alpha value is -3.72. The van der Waals surface area contributed by atoms with E-state index >= 15 is 0 Å². The third-order valence-electron chi connectivity index (χ3n) is 4.64. The van der Waals surface area contributed by atoms with E-state index in [0.717, 1.165) is 9.44 Å². The molecule has 1 amide bonds. The van der Waals surface area contributed by atoms with Gasteiger partial charge in [0.05, 0.1) is 24.2 Å². The van der Waals surface area contributed by atoms with Gasteiger partial charge >= 0.3 is 5.69 Å². The van der Waals surface area contributed by atoms with Gasteiger partial charge < -0.3 is 10.1 Å². The maximum Gasteiger partial charge on any atom is 0.333 e. The molecule has 0 aliphatic heterocycles. The highest BCUT2D eigenvalue weighted by Gasteiger charge is 2.17. The number of benzene rings is 1. The van der Waals surface area contributed by atoms with Crippen LogP contribution in [0.2, 0.25) is 0 Å². The molecule has 3 heterocycles. The normalized spacial score (nSPS) is 10.9. The molecule has 0 aliphatic rings. The number of pyridine rings is 1. The van der Waals surface area contributed by atoms with E-state index in [1.54, 1.807) is 30.3 Å². The van der Waals surface area contributed by atoms with Gasteiger partial charge in [-0.2, -0.15) is 0 Å². The number of nitrogens with zero attached hydrogens (tertiary/aromatic N) is 3. The Bertz CT molecular complexity index is 1340. The number of amides is 1. The Morgan fingerprint density at radius 3 is 2.71 bits per heavy atom. The van der Waals surface area contributed by atoms with Crippen LogP contribution in [-0.4, -0.2) is 26.6 Å². The number of thiophene rings is 1. The Balaban J connectivity index is 1.72. The SMILES string of the molecule is CCOc1ccccc1NC(=O)Cn1c(=O)n(Cc2cccs2)c(=O)c2cccnc21. The number of hydrogen-bond acceptors (Lipinski definition) is 6. The standard InChI is InChI=1S/C22H20N4O4S/c1-2-30-18-10-4-3-9-17(18)24-19(27)14-25-20-16(8-5-11-23-20)21(28)26(22(25)29)13-15-7-6-12-31-15/h3-12H,2,13-14H2,1H3,(H,24,27). The third-order valence-corrected chi connectivity index (χ3v) is 5.50. The van der Waals surface area contributed by atoms with Crippen molar-refractivity contribution in [2.24, 2.45) is 0 Å². The van der Waals surface area contributed by atoms with Crippen LogP contribution in [0.3, 0.4) is 0 Å². The molecule has 9 heteroatoms. The van der Waals surface area contributed by atoms with Crippen LogP contribution in [-0.2, 0) is 17.9 Å². The smallest absolute Gasteiger partial charge is 0.333 e. The van der Waals surface area contributed by atoms with Crippen molar-refractivity contribution in [1.29, 1.82) is 0 Å². The lowest BCUT2D eigenvalue weighted by Gasteiger charge is -2.14. The Kier molecular flexibility index (Phi) is 5.94. The fourth-order valence-corrected chi connectivity index (χ4v) is 3.97. The zero-order valence-electron chi connectivity index (χ0n) is 16.8. The second-order valence-corrected chi connectivity index (χ2v) is 7.72. The molecule has 3 aromatic heterocycles. The van der Waals surface area contributed by atoms with Gasteiger partial charge in [0.25, 0.3) is 5.56 Å². The molecule has 1 aromatic carbocycles. The van der Waals surface area contributed by atoms with E-state index in [4.69, 9.17) is 4.74 Å². The van der Waals surface area contributed by atoms with Gasteiger partial charge in [-0.3, -0.25) is 18.7 Å². The molecule has 8 nitrogen and oxygen atoms in total. The van der Waals surface area contributed by atoms with E-state index in [-0.39, 0.29) is 24.1 Å². The van der Waals surface area contributed by atoms with Gasteiger partial charge in [0.2, 0.25) is 5.91 Å². The van der Waals surface area contributed by atoms with E-state index in [0.29, 0.717) is 18.0 Å². The van der Waals surface area contributed by atoms with E-state index in [1.807, 2.05) is 30.5 Å². The van der Waals surface area contributed by atoms with Crippen molar-refractivity contribution in [3.8, 4) is 5.75 Å². The monoisotopic (exact) mass is 436 g/mol. The predicted molar refractivity (Wildman–Crippen MR) is 120 cm³/mol. The number of hydrogen-bond donors (Lipinski definition) is 1. The van der Waals surface area contributed by atoms with Crippen LogP contribution in [0.5, 0.6) is 5.75 Å². The molecule has 0 saturated carbocycles. The first-order valence-corrected chi connectivity index (χ1v) is 10.6. The van der Waals surface area contributed by atoms with Crippen molar-refractivity contribution in [3.05, 3.63) is 85.8 Å². The van der Waals surface area contributed by atoms with Crippen LogP contribution >= 0.6 is 11.3 Å². The van der Waals surface area contributed by atoms with Gasteiger partial charge in [-0.15, -0.1) is 11.3 Å². The molecule has 1 N–H and O–H groups in total. The first kappa shape index (κ1) is 20.5. The van der Waals surface area contributed by atoms with Crippen LogP contribution in [0.4, 0.5) is 5.69 Å². The van der Waals surface area contributed by atoms with Crippen molar-refractivity contribution in [2.45, 2.75) is 20.0 Å². The lowest BCUT2D eigenvalue weighted by Crippen LogP contribution is -2.42. The van der Waals surface area contributed by atoms with E-state index in [9.17, 15) is 14.4 Å². The van der Waals surface area contributed by atoms with E-state index in [2.05, 4.69) is 10.3 Å². The molecule has 0 unspecified atom stereocenters. The molecular formula is C22H20N4O4S. The van der Waals surface area contributed by atoms with E-state index < -0.39 is 17.2 Å². The summed E-state index contributed by atoms with van der Waals surface area (Å²) in [5, 5.41) is 4.94. The third kappa shape index (κ3) is 4.26. The van der Waals surface area contributed by atoms with Crippen LogP contribution < -0.4 is 21.3 Å². The maximum absolute atomic E-state index is 13.2. The Morgan fingerprint density at radius 1 is 1.10 bits per heavy atom. The summed E-state index contributed by atoms with van der Waals surface area (Å²) < 4.78 is 7.90. The number of para-hydroxylation sites is 2. The Morgan fingerprint density at radius 2 is 1.94 bits per heavy atom. The van der Waals surface area contributed by atoms with Crippen molar-refractivity contribution in [2.75, 3.05) is 11.9 Å².